The van der Waals surface area contributed by atoms with E-state index in [0.717, 1.165) is 37.0 Å². The van der Waals surface area contributed by atoms with E-state index < -0.39 is 29.1 Å². The second kappa shape index (κ2) is 9.27. The predicted octanol–water partition coefficient (Wildman–Crippen LogP) is 8.27. The number of hydrogen-bond donors (Lipinski definition) is 0. The molecule has 3 aromatic carbocycles. The molecule has 0 amide bonds. The molecule has 0 atom stereocenters. The molecule has 0 N–H and O–H groups in total. The van der Waals surface area contributed by atoms with Gasteiger partial charge in [0.25, 0.3) is 0 Å². The van der Waals surface area contributed by atoms with Crippen LogP contribution >= 0.6 is 0 Å². The molecule has 0 nitrogen and oxygen atoms in total. The fourth-order valence-corrected chi connectivity index (χ4v) is 4.25. The van der Waals surface area contributed by atoms with Gasteiger partial charge in [0.05, 0.1) is 0 Å². The van der Waals surface area contributed by atoms with Gasteiger partial charge < -0.3 is 0 Å². The van der Waals surface area contributed by atoms with Gasteiger partial charge in [-0.1, -0.05) is 31.9 Å². The zero-order chi connectivity index (χ0) is 22.8. The molecule has 0 bridgehead atoms. The van der Waals surface area contributed by atoms with Gasteiger partial charge in [0.15, 0.2) is 11.6 Å². The third-order valence-corrected chi connectivity index (χ3v) is 5.94. The Morgan fingerprint density at radius 1 is 0.719 bits per heavy atom. The molecule has 0 spiro atoms. The third-order valence-electron chi connectivity index (χ3n) is 5.94. The standard InChI is InChI=1S/C27H23F5/c1-2-3-4-5-16-10-25(31)27(26(32)11-16)19-7-6-17-13-21(23(29)15-20(17)12-19)18-8-9-22(28)24(30)14-18/h8-15H,2-7H2,1H3. The molecular weight excluding hydrogens is 419 g/mol. The molecule has 0 radical (unpaired) electrons. The molecule has 3 aromatic rings. The van der Waals surface area contributed by atoms with Crippen LogP contribution in [0.4, 0.5) is 22.0 Å². The molecular formula is C27H23F5. The summed E-state index contributed by atoms with van der Waals surface area (Å²) in [4.78, 5) is 0. The first kappa shape index (κ1) is 22.3. The highest BCUT2D eigenvalue weighted by atomic mass is 19.2. The van der Waals surface area contributed by atoms with Gasteiger partial charge in [0.1, 0.15) is 17.5 Å². The number of rotatable bonds is 6. The maximum absolute atomic E-state index is 14.8. The van der Waals surface area contributed by atoms with E-state index in [1.165, 1.54) is 24.3 Å². The molecule has 0 unspecified atom stereocenters. The Balaban J connectivity index is 1.67. The van der Waals surface area contributed by atoms with Crippen molar-refractivity contribution in [2.24, 2.45) is 0 Å². The molecule has 1 aliphatic carbocycles. The van der Waals surface area contributed by atoms with Crippen LogP contribution in [-0.2, 0) is 12.8 Å². The van der Waals surface area contributed by atoms with Gasteiger partial charge in [-0.2, -0.15) is 0 Å². The van der Waals surface area contributed by atoms with Gasteiger partial charge in [0, 0.05) is 11.1 Å². The summed E-state index contributed by atoms with van der Waals surface area (Å²) < 4.78 is 71.2. The second-order valence-electron chi connectivity index (χ2n) is 8.22. The van der Waals surface area contributed by atoms with Crippen molar-refractivity contribution in [3.05, 3.63) is 93.8 Å². The summed E-state index contributed by atoms with van der Waals surface area (Å²) in [5.74, 6) is -3.87. The lowest BCUT2D eigenvalue weighted by Crippen LogP contribution is -2.05. The minimum absolute atomic E-state index is 0.0695. The van der Waals surface area contributed by atoms with Gasteiger partial charge in [-0.15, -0.1) is 0 Å². The number of unbranched alkanes of at least 4 members (excludes halogenated alkanes) is 2. The van der Waals surface area contributed by atoms with E-state index in [1.807, 2.05) is 0 Å². The van der Waals surface area contributed by atoms with E-state index in [4.69, 9.17) is 0 Å². The van der Waals surface area contributed by atoms with E-state index in [2.05, 4.69) is 6.92 Å². The quantitative estimate of drug-likeness (QED) is 0.266. The third kappa shape index (κ3) is 4.47. The molecule has 0 saturated carbocycles. The maximum Gasteiger partial charge on any atom is 0.159 e. The van der Waals surface area contributed by atoms with Gasteiger partial charge in [-0.05, 0) is 89.9 Å². The number of fused-ring (bicyclic) bond motifs is 1. The van der Waals surface area contributed by atoms with Crippen LogP contribution in [0.3, 0.4) is 0 Å². The first-order chi connectivity index (χ1) is 15.4. The number of aryl methyl sites for hydroxylation is 2. The summed E-state index contributed by atoms with van der Waals surface area (Å²) in [5.41, 5.74) is 2.75. The van der Waals surface area contributed by atoms with E-state index in [-0.39, 0.29) is 16.7 Å². The number of allylic oxidation sites excluding steroid dienone is 1. The lowest BCUT2D eigenvalue weighted by Gasteiger charge is -2.20. The maximum atomic E-state index is 14.8. The smallest absolute Gasteiger partial charge is 0.159 e. The van der Waals surface area contributed by atoms with Crippen LogP contribution in [0.2, 0.25) is 0 Å². The molecule has 1 aliphatic rings. The van der Waals surface area contributed by atoms with E-state index in [1.54, 1.807) is 12.1 Å². The lowest BCUT2D eigenvalue weighted by molar-refractivity contribution is 0.509. The fraction of sp³-hybridized carbons (Fsp3) is 0.259. The second-order valence-corrected chi connectivity index (χ2v) is 8.22. The van der Waals surface area contributed by atoms with Crippen molar-refractivity contribution in [2.75, 3.05) is 0 Å². The van der Waals surface area contributed by atoms with Crippen molar-refractivity contribution in [1.29, 1.82) is 0 Å². The van der Waals surface area contributed by atoms with Gasteiger partial charge in [0.2, 0.25) is 0 Å². The summed E-state index contributed by atoms with van der Waals surface area (Å²) >= 11 is 0. The average Bonchev–Trinajstić information content (AvgIpc) is 2.75. The van der Waals surface area contributed by atoms with Crippen LogP contribution in [0.25, 0.3) is 22.8 Å². The summed E-state index contributed by atoms with van der Waals surface area (Å²) in [6.07, 6.45) is 5.99. The molecule has 0 heterocycles. The summed E-state index contributed by atoms with van der Waals surface area (Å²) in [6.45, 7) is 2.07. The molecule has 0 saturated heterocycles. The normalized spacial score (nSPS) is 13.1. The Morgan fingerprint density at radius 3 is 2.16 bits per heavy atom. The van der Waals surface area contributed by atoms with Crippen molar-refractivity contribution in [3.63, 3.8) is 0 Å². The molecule has 0 aliphatic heterocycles. The first-order valence-electron chi connectivity index (χ1n) is 10.8. The van der Waals surface area contributed by atoms with Crippen molar-refractivity contribution in [1.82, 2.24) is 0 Å². The van der Waals surface area contributed by atoms with Crippen LogP contribution < -0.4 is 0 Å². The van der Waals surface area contributed by atoms with Crippen LogP contribution in [-0.4, -0.2) is 0 Å². The highest BCUT2D eigenvalue weighted by molar-refractivity contribution is 5.86. The zero-order valence-corrected chi connectivity index (χ0v) is 17.8. The van der Waals surface area contributed by atoms with Crippen LogP contribution in [0, 0.1) is 29.1 Å². The summed E-state index contributed by atoms with van der Waals surface area (Å²) in [5, 5.41) is 0. The Bertz CT molecular complexity index is 1170. The Hall–Kier alpha value is -2.95. The molecule has 166 valence electrons. The largest absolute Gasteiger partial charge is 0.206 e. The Morgan fingerprint density at radius 2 is 1.47 bits per heavy atom. The highest BCUT2D eigenvalue weighted by Crippen LogP contribution is 2.36. The highest BCUT2D eigenvalue weighted by Gasteiger charge is 2.21. The van der Waals surface area contributed by atoms with Crippen molar-refractivity contribution >= 4 is 11.6 Å². The Labute approximate surface area is 184 Å². The van der Waals surface area contributed by atoms with E-state index >= 15 is 0 Å². The SMILES string of the molecule is CCCCCc1cc(F)c(C2=Cc3cc(F)c(-c4ccc(F)c(F)c4)cc3CC2)c(F)c1. The number of halogens is 5. The molecule has 32 heavy (non-hydrogen) atoms. The topological polar surface area (TPSA) is 0 Å². The van der Waals surface area contributed by atoms with Crippen LogP contribution in [0.1, 0.15) is 54.9 Å². The molecule has 4 rings (SSSR count). The van der Waals surface area contributed by atoms with Gasteiger partial charge in [-0.3, -0.25) is 0 Å². The summed E-state index contributed by atoms with van der Waals surface area (Å²) in [7, 11) is 0. The molecule has 0 aromatic heterocycles. The van der Waals surface area contributed by atoms with Crippen molar-refractivity contribution < 1.29 is 22.0 Å². The van der Waals surface area contributed by atoms with Crippen LogP contribution in [0.15, 0.2) is 42.5 Å². The number of benzene rings is 3. The fourth-order valence-electron chi connectivity index (χ4n) is 4.25. The van der Waals surface area contributed by atoms with Crippen molar-refractivity contribution in [3.8, 4) is 11.1 Å². The first-order valence-corrected chi connectivity index (χ1v) is 10.8. The average molecular weight is 442 g/mol. The predicted molar refractivity (Wildman–Crippen MR) is 118 cm³/mol. The van der Waals surface area contributed by atoms with Crippen molar-refractivity contribution in [2.45, 2.75) is 45.4 Å². The summed E-state index contributed by atoms with van der Waals surface area (Å²) in [6, 6.07) is 8.87. The molecule has 0 fully saturated rings. The van der Waals surface area contributed by atoms with Gasteiger partial charge in [-0.25, -0.2) is 22.0 Å². The number of hydrogen-bond acceptors (Lipinski definition) is 0. The van der Waals surface area contributed by atoms with Crippen LogP contribution in [0.5, 0.6) is 0 Å². The monoisotopic (exact) mass is 442 g/mol. The molecule has 5 heteroatoms. The van der Waals surface area contributed by atoms with E-state index in [0.29, 0.717) is 36.0 Å². The minimum atomic E-state index is -1.05. The van der Waals surface area contributed by atoms with Gasteiger partial charge >= 0.3 is 0 Å². The lowest BCUT2D eigenvalue weighted by atomic mass is 9.86. The Kier molecular flexibility index (Phi) is 6.45. The zero-order valence-electron chi connectivity index (χ0n) is 17.8. The van der Waals surface area contributed by atoms with E-state index in [9.17, 15) is 22.0 Å². The minimum Gasteiger partial charge on any atom is -0.206 e.